The first-order chi connectivity index (χ1) is 16.1. The van der Waals surface area contributed by atoms with Crippen LogP contribution in [0.25, 0.3) is 11.1 Å². The Morgan fingerprint density at radius 2 is 1.42 bits per heavy atom. The van der Waals surface area contributed by atoms with Crippen molar-refractivity contribution in [2.45, 2.75) is 81.8 Å². The van der Waals surface area contributed by atoms with Crippen molar-refractivity contribution in [2.75, 3.05) is 13.7 Å². The van der Waals surface area contributed by atoms with Crippen LogP contribution in [0.1, 0.15) is 69.3 Å². The third-order valence-electron chi connectivity index (χ3n) is 8.39. The number of halogens is 2. The molecular formula is C29H40F2OSi. The highest BCUT2D eigenvalue weighted by Gasteiger charge is 2.25. The molecule has 0 N–H and O–H groups in total. The molecule has 0 radical (unpaired) electrons. The van der Waals surface area contributed by atoms with Crippen molar-refractivity contribution >= 4 is 8.80 Å². The van der Waals surface area contributed by atoms with E-state index in [9.17, 15) is 8.78 Å². The fraction of sp³-hybridized carbons (Fsp3) is 0.586. The van der Waals surface area contributed by atoms with Gasteiger partial charge in [-0.1, -0.05) is 74.1 Å². The number of benzene rings is 2. The number of hydrogen-bond acceptors (Lipinski definition) is 1. The second kappa shape index (κ2) is 12.3. The quantitative estimate of drug-likeness (QED) is 0.264. The monoisotopic (exact) mass is 470 g/mol. The molecule has 0 atom stereocenters. The maximum atomic E-state index is 13.6. The number of ether oxygens (including phenoxy) is 1. The van der Waals surface area contributed by atoms with Gasteiger partial charge in [0.15, 0.2) is 11.6 Å². The molecule has 1 nitrogen and oxygen atoms in total. The van der Waals surface area contributed by atoms with Gasteiger partial charge in [-0.15, -0.1) is 0 Å². The Labute approximate surface area is 200 Å². The van der Waals surface area contributed by atoms with E-state index in [0.29, 0.717) is 5.92 Å². The Balaban J connectivity index is 1.18. The molecule has 0 unspecified atom stereocenters. The van der Waals surface area contributed by atoms with Crippen LogP contribution < -0.4 is 0 Å². The summed E-state index contributed by atoms with van der Waals surface area (Å²) >= 11 is 0. The van der Waals surface area contributed by atoms with E-state index in [1.807, 2.05) is 7.11 Å². The summed E-state index contributed by atoms with van der Waals surface area (Å²) < 4.78 is 32.0. The molecule has 2 aromatic rings. The Morgan fingerprint density at radius 1 is 0.788 bits per heavy atom. The topological polar surface area (TPSA) is 9.23 Å². The Kier molecular flexibility index (Phi) is 9.14. The van der Waals surface area contributed by atoms with Gasteiger partial charge in [0.05, 0.1) is 0 Å². The third-order valence-corrected chi connectivity index (χ3v) is 11.9. The molecule has 180 valence electrons. The number of hydrogen-bond donors (Lipinski definition) is 0. The lowest BCUT2D eigenvalue weighted by atomic mass is 9.76. The second-order valence-electron chi connectivity index (χ2n) is 10.6. The molecule has 1 saturated carbocycles. The van der Waals surface area contributed by atoms with Gasteiger partial charge in [-0.3, -0.25) is 0 Å². The van der Waals surface area contributed by atoms with Crippen LogP contribution in [-0.4, -0.2) is 22.5 Å². The summed E-state index contributed by atoms with van der Waals surface area (Å²) in [5.41, 5.74) is 3.08. The maximum Gasteiger partial charge on any atom is 0.159 e. The zero-order valence-electron chi connectivity index (χ0n) is 20.2. The van der Waals surface area contributed by atoms with E-state index in [2.05, 4.69) is 24.3 Å². The predicted octanol–water partition coefficient (Wildman–Crippen LogP) is 8.36. The molecule has 0 spiro atoms. The standard InChI is InChI=1S/C29H40F2OSi/c1-32-17-2-18-33-19-15-23(16-20-33)4-3-22-5-7-24(8-6-22)25-9-11-26(12-10-25)27-13-14-28(30)29(31)21-27/h9-14,21-24,33H,2-8,15-20H2,1H3/t22-,23?,24-,33?. The average Bonchev–Trinajstić information content (AvgIpc) is 2.86. The van der Waals surface area contributed by atoms with Crippen LogP contribution in [0.15, 0.2) is 42.5 Å². The van der Waals surface area contributed by atoms with Crippen LogP contribution in [0.4, 0.5) is 8.78 Å². The van der Waals surface area contributed by atoms with E-state index in [1.165, 1.54) is 81.5 Å². The van der Waals surface area contributed by atoms with Gasteiger partial charge in [-0.25, -0.2) is 8.78 Å². The van der Waals surface area contributed by atoms with Crippen molar-refractivity contribution in [2.24, 2.45) is 11.8 Å². The van der Waals surface area contributed by atoms with Crippen LogP contribution in [0.5, 0.6) is 0 Å². The third kappa shape index (κ3) is 6.99. The molecule has 33 heavy (non-hydrogen) atoms. The molecule has 0 amide bonds. The summed E-state index contributed by atoms with van der Waals surface area (Å²) in [7, 11) is 1.38. The minimum Gasteiger partial charge on any atom is -0.385 e. The Morgan fingerprint density at radius 3 is 2.06 bits per heavy atom. The van der Waals surface area contributed by atoms with Gasteiger partial charge in [0.1, 0.15) is 0 Å². The molecule has 1 aliphatic heterocycles. The smallest absolute Gasteiger partial charge is 0.159 e. The fourth-order valence-corrected chi connectivity index (χ4v) is 9.70. The van der Waals surface area contributed by atoms with Crippen molar-refractivity contribution in [3.63, 3.8) is 0 Å². The first kappa shape index (κ1) is 24.6. The van der Waals surface area contributed by atoms with Gasteiger partial charge < -0.3 is 4.74 Å². The normalized spacial score (nSPS) is 25.8. The lowest BCUT2D eigenvalue weighted by molar-refractivity contribution is 0.199. The summed E-state index contributed by atoms with van der Waals surface area (Å²) in [5.74, 6) is 0.984. The summed E-state index contributed by atoms with van der Waals surface area (Å²) in [5, 5.41) is 0. The fourth-order valence-electron chi connectivity index (χ4n) is 6.20. The molecule has 2 fully saturated rings. The van der Waals surface area contributed by atoms with E-state index in [1.54, 1.807) is 18.2 Å². The van der Waals surface area contributed by atoms with Crippen LogP contribution in [0.3, 0.4) is 0 Å². The van der Waals surface area contributed by atoms with Crippen molar-refractivity contribution in [3.05, 3.63) is 59.7 Å². The van der Waals surface area contributed by atoms with Crippen LogP contribution in [0.2, 0.25) is 18.1 Å². The number of methoxy groups -OCH3 is 1. The predicted molar refractivity (Wildman–Crippen MR) is 137 cm³/mol. The molecule has 2 aromatic carbocycles. The van der Waals surface area contributed by atoms with E-state index < -0.39 is 20.4 Å². The molecule has 4 rings (SSSR count). The summed E-state index contributed by atoms with van der Waals surface area (Å²) in [6.07, 6.45) is 12.5. The van der Waals surface area contributed by atoms with Gasteiger partial charge in [0.25, 0.3) is 0 Å². The van der Waals surface area contributed by atoms with Gasteiger partial charge in [0, 0.05) is 22.5 Å². The molecule has 1 saturated heterocycles. The van der Waals surface area contributed by atoms with Crippen molar-refractivity contribution < 1.29 is 13.5 Å². The van der Waals surface area contributed by atoms with Gasteiger partial charge in [0.2, 0.25) is 0 Å². The highest BCUT2D eigenvalue weighted by Crippen LogP contribution is 2.40. The van der Waals surface area contributed by atoms with Crippen molar-refractivity contribution in [1.29, 1.82) is 0 Å². The molecule has 0 aromatic heterocycles. The largest absolute Gasteiger partial charge is 0.385 e. The van der Waals surface area contributed by atoms with Crippen LogP contribution >= 0.6 is 0 Å². The highest BCUT2D eigenvalue weighted by molar-refractivity contribution is 6.58. The lowest BCUT2D eigenvalue weighted by Crippen LogP contribution is -2.22. The minimum atomic E-state index is -0.792. The van der Waals surface area contributed by atoms with E-state index in [-0.39, 0.29) is 0 Å². The number of rotatable bonds is 9. The SMILES string of the molecule is COCCC[SiH]1CCC(CC[C@H]2CC[C@H](c3ccc(-c4ccc(F)c(F)c4)cc3)CC2)CC1. The molecule has 1 heterocycles. The average molecular weight is 471 g/mol. The molecule has 0 bridgehead atoms. The summed E-state index contributed by atoms with van der Waals surface area (Å²) in [4.78, 5) is 0. The Hall–Kier alpha value is -1.52. The molecular weight excluding hydrogens is 430 g/mol. The minimum absolute atomic E-state index is 0.443. The highest BCUT2D eigenvalue weighted by atomic mass is 28.3. The zero-order chi connectivity index (χ0) is 23.0. The van der Waals surface area contributed by atoms with Crippen LogP contribution in [-0.2, 0) is 4.74 Å². The molecule has 1 aliphatic carbocycles. The first-order valence-corrected chi connectivity index (χ1v) is 15.6. The first-order valence-electron chi connectivity index (χ1n) is 13.2. The van der Waals surface area contributed by atoms with Crippen LogP contribution in [0, 0.1) is 23.5 Å². The maximum absolute atomic E-state index is 13.6. The Bertz CT molecular complexity index is 852. The van der Waals surface area contributed by atoms with Gasteiger partial charge in [-0.05, 0) is 78.7 Å². The van der Waals surface area contributed by atoms with Gasteiger partial charge >= 0.3 is 0 Å². The summed E-state index contributed by atoms with van der Waals surface area (Å²) in [6.45, 7) is 0.952. The molecule has 2 aliphatic rings. The second-order valence-corrected chi connectivity index (χ2v) is 14.0. The molecule has 4 heteroatoms. The summed E-state index contributed by atoms with van der Waals surface area (Å²) in [6, 6.07) is 17.3. The van der Waals surface area contributed by atoms with E-state index >= 15 is 0 Å². The lowest BCUT2D eigenvalue weighted by Gasteiger charge is -2.32. The van der Waals surface area contributed by atoms with E-state index in [0.717, 1.165) is 29.6 Å². The van der Waals surface area contributed by atoms with E-state index in [4.69, 9.17) is 4.74 Å². The van der Waals surface area contributed by atoms with Crippen molar-refractivity contribution in [3.8, 4) is 11.1 Å². The zero-order valence-corrected chi connectivity index (χ0v) is 21.4. The van der Waals surface area contributed by atoms with Gasteiger partial charge in [-0.2, -0.15) is 0 Å². The van der Waals surface area contributed by atoms with Crippen molar-refractivity contribution in [1.82, 2.24) is 0 Å².